The first kappa shape index (κ1) is 18.8. The van der Waals surface area contributed by atoms with Gasteiger partial charge in [0.1, 0.15) is 0 Å². The Bertz CT molecular complexity index is 898. The summed E-state index contributed by atoms with van der Waals surface area (Å²) >= 11 is 1.42. The monoisotopic (exact) mass is 398 g/mol. The lowest BCUT2D eigenvalue weighted by Gasteiger charge is -2.28. The molecule has 28 heavy (non-hydrogen) atoms. The van der Waals surface area contributed by atoms with E-state index in [9.17, 15) is 4.79 Å². The third kappa shape index (κ3) is 4.13. The van der Waals surface area contributed by atoms with Gasteiger partial charge in [-0.1, -0.05) is 17.8 Å². The fraction of sp³-hybridized carbons (Fsp3) is 0.474. The number of aromatic nitrogens is 3. The number of carbonyl (C=O) groups is 1. The van der Waals surface area contributed by atoms with Gasteiger partial charge >= 0.3 is 0 Å². The van der Waals surface area contributed by atoms with Crippen LogP contribution in [0.1, 0.15) is 31.4 Å². The van der Waals surface area contributed by atoms with Crippen molar-refractivity contribution in [2.45, 2.75) is 36.2 Å². The van der Waals surface area contributed by atoms with Crippen molar-refractivity contribution in [3.8, 4) is 6.07 Å². The maximum atomic E-state index is 12.6. The highest BCUT2D eigenvalue weighted by Crippen LogP contribution is 2.41. The number of benzene rings is 1. The average Bonchev–Trinajstić information content (AvgIpc) is 3.48. The SMILES string of the molecule is CC(Sc1nnc(N2CCOCC2)n1C1CC1)C(=O)Nc1cccc(C#N)c1. The number of morpholine rings is 1. The molecule has 2 heterocycles. The summed E-state index contributed by atoms with van der Waals surface area (Å²) in [6, 6.07) is 9.40. The summed E-state index contributed by atoms with van der Waals surface area (Å²) in [5, 5.41) is 21.1. The third-order valence-corrected chi connectivity index (χ3v) is 5.82. The molecule has 9 heteroatoms. The van der Waals surface area contributed by atoms with Crippen molar-refractivity contribution in [3.63, 3.8) is 0 Å². The molecule has 1 N–H and O–H groups in total. The summed E-state index contributed by atoms with van der Waals surface area (Å²) in [7, 11) is 0. The number of hydrogen-bond acceptors (Lipinski definition) is 7. The van der Waals surface area contributed by atoms with E-state index in [-0.39, 0.29) is 11.2 Å². The number of anilines is 2. The highest BCUT2D eigenvalue weighted by Gasteiger charge is 2.33. The minimum atomic E-state index is -0.343. The lowest BCUT2D eigenvalue weighted by atomic mass is 10.2. The molecule has 4 rings (SSSR count). The Labute approximate surface area is 167 Å². The molecule has 146 valence electrons. The zero-order valence-electron chi connectivity index (χ0n) is 15.7. The molecule has 0 bridgehead atoms. The first-order chi connectivity index (χ1) is 13.7. The Kier molecular flexibility index (Phi) is 5.50. The van der Waals surface area contributed by atoms with Crippen LogP contribution in [-0.2, 0) is 9.53 Å². The van der Waals surface area contributed by atoms with Gasteiger partial charge in [0, 0.05) is 24.8 Å². The van der Waals surface area contributed by atoms with E-state index in [1.54, 1.807) is 24.3 Å². The Morgan fingerprint density at radius 1 is 1.36 bits per heavy atom. The topological polar surface area (TPSA) is 96.1 Å². The van der Waals surface area contributed by atoms with Crippen molar-refractivity contribution >= 4 is 29.3 Å². The zero-order chi connectivity index (χ0) is 19.5. The molecule has 2 fully saturated rings. The number of nitrogens with one attached hydrogen (secondary N) is 1. The first-order valence-corrected chi connectivity index (χ1v) is 10.3. The molecule has 1 atom stereocenters. The summed E-state index contributed by atoms with van der Waals surface area (Å²) in [5.41, 5.74) is 1.14. The molecule has 1 aromatic carbocycles. The van der Waals surface area contributed by atoms with Crippen LogP contribution in [0.4, 0.5) is 11.6 Å². The van der Waals surface area contributed by atoms with E-state index in [1.165, 1.54) is 11.8 Å². The molecule has 2 aromatic rings. The predicted octanol–water partition coefficient (Wildman–Crippen LogP) is 2.44. The number of ether oxygens (including phenoxy) is 1. The van der Waals surface area contributed by atoms with Crippen molar-refractivity contribution in [2.24, 2.45) is 0 Å². The van der Waals surface area contributed by atoms with Gasteiger partial charge in [-0.15, -0.1) is 10.2 Å². The van der Waals surface area contributed by atoms with Gasteiger partial charge in [-0.25, -0.2) is 0 Å². The molecule has 0 spiro atoms. The van der Waals surface area contributed by atoms with Crippen LogP contribution in [0.5, 0.6) is 0 Å². The molecule has 1 aromatic heterocycles. The minimum Gasteiger partial charge on any atom is -0.378 e. The fourth-order valence-corrected chi connectivity index (χ4v) is 4.02. The van der Waals surface area contributed by atoms with Gasteiger partial charge in [0.05, 0.1) is 30.1 Å². The van der Waals surface area contributed by atoms with Gasteiger partial charge in [-0.3, -0.25) is 9.36 Å². The second kappa shape index (κ2) is 8.20. The second-order valence-electron chi connectivity index (χ2n) is 6.93. The van der Waals surface area contributed by atoms with E-state index in [0.717, 1.165) is 37.0 Å². The Morgan fingerprint density at radius 2 is 2.14 bits per heavy atom. The fourth-order valence-electron chi connectivity index (χ4n) is 3.10. The lowest BCUT2D eigenvalue weighted by Crippen LogP contribution is -2.38. The van der Waals surface area contributed by atoms with Gasteiger partial charge in [0.25, 0.3) is 0 Å². The molecule has 1 unspecified atom stereocenters. The summed E-state index contributed by atoms with van der Waals surface area (Å²) in [6.07, 6.45) is 2.23. The summed E-state index contributed by atoms with van der Waals surface area (Å²) in [6.45, 7) is 4.86. The molecular formula is C19H22N6O2S. The van der Waals surface area contributed by atoms with Gasteiger partial charge < -0.3 is 15.0 Å². The predicted molar refractivity (Wildman–Crippen MR) is 106 cm³/mol. The molecule has 1 amide bonds. The molecule has 8 nitrogen and oxygen atoms in total. The van der Waals surface area contributed by atoms with Crippen molar-refractivity contribution in [3.05, 3.63) is 29.8 Å². The van der Waals surface area contributed by atoms with E-state index >= 15 is 0 Å². The number of nitrogens with zero attached hydrogens (tertiary/aromatic N) is 5. The van der Waals surface area contributed by atoms with E-state index in [1.807, 2.05) is 6.92 Å². The number of hydrogen-bond donors (Lipinski definition) is 1. The third-order valence-electron chi connectivity index (χ3n) is 4.76. The van der Waals surface area contributed by atoms with Crippen LogP contribution < -0.4 is 10.2 Å². The molecule has 1 aliphatic carbocycles. The summed E-state index contributed by atoms with van der Waals surface area (Å²) < 4.78 is 7.61. The lowest BCUT2D eigenvalue weighted by molar-refractivity contribution is -0.115. The quantitative estimate of drug-likeness (QED) is 0.747. The van der Waals surface area contributed by atoms with E-state index < -0.39 is 0 Å². The largest absolute Gasteiger partial charge is 0.378 e. The smallest absolute Gasteiger partial charge is 0.237 e. The van der Waals surface area contributed by atoms with Crippen LogP contribution in [0.25, 0.3) is 0 Å². The van der Waals surface area contributed by atoms with Crippen molar-refractivity contribution in [2.75, 3.05) is 36.5 Å². The Hall–Kier alpha value is -2.57. The van der Waals surface area contributed by atoms with Crippen LogP contribution in [0.3, 0.4) is 0 Å². The highest BCUT2D eigenvalue weighted by atomic mass is 32.2. The van der Waals surface area contributed by atoms with Crippen molar-refractivity contribution in [1.29, 1.82) is 5.26 Å². The number of nitriles is 1. The summed E-state index contributed by atoms with van der Waals surface area (Å²) in [4.78, 5) is 14.8. The molecule has 1 saturated heterocycles. The Balaban J connectivity index is 1.46. The maximum Gasteiger partial charge on any atom is 0.237 e. The van der Waals surface area contributed by atoms with Crippen molar-refractivity contribution < 1.29 is 9.53 Å². The molecule has 0 radical (unpaired) electrons. The van der Waals surface area contributed by atoms with E-state index in [0.29, 0.717) is 30.5 Å². The van der Waals surface area contributed by atoms with Gasteiger partial charge in [-0.2, -0.15) is 5.26 Å². The van der Waals surface area contributed by atoms with Crippen LogP contribution in [-0.4, -0.2) is 52.2 Å². The van der Waals surface area contributed by atoms with Crippen LogP contribution in [0, 0.1) is 11.3 Å². The number of thioether (sulfide) groups is 1. The van der Waals surface area contributed by atoms with Crippen LogP contribution in [0.2, 0.25) is 0 Å². The normalized spacial score (nSPS) is 17.8. The van der Waals surface area contributed by atoms with E-state index in [2.05, 4.69) is 31.1 Å². The number of rotatable bonds is 6. The molecule has 2 aliphatic rings. The van der Waals surface area contributed by atoms with Gasteiger partial charge in [0.15, 0.2) is 5.16 Å². The van der Waals surface area contributed by atoms with Gasteiger partial charge in [-0.05, 0) is 38.0 Å². The second-order valence-corrected chi connectivity index (χ2v) is 8.23. The molecule has 1 aliphatic heterocycles. The minimum absolute atomic E-state index is 0.127. The van der Waals surface area contributed by atoms with Crippen LogP contribution in [0.15, 0.2) is 29.4 Å². The zero-order valence-corrected chi connectivity index (χ0v) is 16.5. The van der Waals surface area contributed by atoms with Crippen LogP contribution >= 0.6 is 11.8 Å². The first-order valence-electron chi connectivity index (χ1n) is 9.41. The standard InChI is InChI=1S/C19H22N6O2S/c1-13(17(26)21-15-4-2-3-14(11-15)12-20)28-19-23-22-18(25(19)16-5-6-16)24-7-9-27-10-8-24/h2-4,11,13,16H,5-10H2,1H3,(H,21,26). The van der Waals surface area contributed by atoms with E-state index in [4.69, 9.17) is 10.00 Å². The van der Waals surface area contributed by atoms with Gasteiger partial charge in [0.2, 0.25) is 11.9 Å². The number of carbonyl (C=O) groups excluding carboxylic acids is 1. The summed E-state index contributed by atoms with van der Waals surface area (Å²) in [5.74, 6) is 0.751. The average molecular weight is 398 g/mol. The maximum absolute atomic E-state index is 12.6. The highest BCUT2D eigenvalue weighted by molar-refractivity contribution is 8.00. The number of amides is 1. The molecule has 1 saturated carbocycles. The Morgan fingerprint density at radius 3 is 2.86 bits per heavy atom. The van der Waals surface area contributed by atoms with Crippen molar-refractivity contribution in [1.82, 2.24) is 14.8 Å². The molecular weight excluding hydrogens is 376 g/mol.